The predicted molar refractivity (Wildman–Crippen MR) is 78.8 cm³/mol. The van der Waals surface area contributed by atoms with Gasteiger partial charge in [0.15, 0.2) is 0 Å². The molecule has 1 heterocycles. The second kappa shape index (κ2) is 7.18. The topological polar surface area (TPSA) is 29.5 Å². The lowest BCUT2D eigenvalue weighted by Gasteiger charge is -2.35. The smallest absolute Gasteiger partial charge is 0.307 e. The van der Waals surface area contributed by atoms with Crippen LogP contribution >= 0.6 is 15.9 Å². The highest BCUT2D eigenvalue weighted by molar-refractivity contribution is 9.10. The number of carbonyl (C=O) groups is 1. The SMILES string of the molecule is COC(=O)CC1CCCCN1Cc1ccc(F)c(Br)c1. The molecule has 1 aliphatic rings. The highest BCUT2D eigenvalue weighted by Crippen LogP contribution is 2.24. The van der Waals surface area contributed by atoms with Crippen LogP contribution in [0.1, 0.15) is 31.2 Å². The molecule has 1 unspecified atom stereocenters. The third-order valence-corrected chi connectivity index (χ3v) is 4.36. The van der Waals surface area contributed by atoms with Crippen LogP contribution in [-0.4, -0.2) is 30.6 Å². The molecule has 0 N–H and O–H groups in total. The Hall–Kier alpha value is -0.940. The second-order valence-electron chi connectivity index (χ2n) is 5.15. The minimum absolute atomic E-state index is 0.165. The zero-order valence-corrected chi connectivity index (χ0v) is 13.2. The molecule has 0 bridgehead atoms. The Bertz CT molecular complexity index is 481. The summed E-state index contributed by atoms with van der Waals surface area (Å²) in [6.45, 7) is 1.71. The van der Waals surface area contributed by atoms with E-state index in [9.17, 15) is 9.18 Å². The molecule has 0 amide bonds. The number of hydrogen-bond donors (Lipinski definition) is 0. The van der Waals surface area contributed by atoms with Crippen LogP contribution in [0.25, 0.3) is 0 Å². The Morgan fingerprint density at radius 3 is 3.00 bits per heavy atom. The normalized spacial score (nSPS) is 19.9. The van der Waals surface area contributed by atoms with Crippen molar-refractivity contribution >= 4 is 21.9 Å². The van der Waals surface area contributed by atoms with Gasteiger partial charge in [-0.1, -0.05) is 12.5 Å². The molecule has 0 radical (unpaired) electrons. The van der Waals surface area contributed by atoms with Crippen molar-refractivity contribution in [3.63, 3.8) is 0 Å². The summed E-state index contributed by atoms with van der Waals surface area (Å²) in [7, 11) is 1.42. The molecule has 5 heteroatoms. The number of rotatable bonds is 4. The lowest BCUT2D eigenvalue weighted by atomic mass is 9.98. The van der Waals surface area contributed by atoms with Gasteiger partial charge >= 0.3 is 5.97 Å². The molecule has 0 aromatic heterocycles. The summed E-state index contributed by atoms with van der Waals surface area (Å²) in [6, 6.07) is 5.29. The standard InChI is InChI=1S/C15H19BrFNO2/c1-20-15(19)9-12-4-2-3-7-18(12)10-11-5-6-14(17)13(16)8-11/h5-6,8,12H,2-4,7,9-10H2,1H3. The first-order valence-corrected chi connectivity index (χ1v) is 7.64. The average Bonchev–Trinajstić information content (AvgIpc) is 2.45. The predicted octanol–water partition coefficient (Wildman–Crippen LogP) is 3.51. The molecule has 1 aromatic rings. The first-order valence-electron chi connectivity index (χ1n) is 6.85. The maximum atomic E-state index is 13.3. The minimum Gasteiger partial charge on any atom is -0.469 e. The van der Waals surface area contributed by atoms with Crippen molar-refractivity contribution in [3.05, 3.63) is 34.1 Å². The molecular formula is C15H19BrFNO2. The van der Waals surface area contributed by atoms with E-state index < -0.39 is 0 Å². The molecule has 20 heavy (non-hydrogen) atoms. The summed E-state index contributed by atoms with van der Waals surface area (Å²) in [4.78, 5) is 13.8. The molecule has 1 aromatic carbocycles. The number of carbonyl (C=O) groups excluding carboxylic acids is 1. The van der Waals surface area contributed by atoms with E-state index in [0.717, 1.165) is 37.9 Å². The van der Waals surface area contributed by atoms with Crippen molar-refractivity contribution in [2.75, 3.05) is 13.7 Å². The third kappa shape index (κ3) is 4.03. The van der Waals surface area contributed by atoms with Gasteiger partial charge in [-0.25, -0.2) is 4.39 Å². The molecule has 0 aliphatic carbocycles. The molecule has 0 spiro atoms. The van der Waals surface area contributed by atoms with Crippen molar-refractivity contribution in [1.29, 1.82) is 0 Å². The van der Waals surface area contributed by atoms with Crippen molar-refractivity contribution in [2.24, 2.45) is 0 Å². The van der Waals surface area contributed by atoms with Crippen molar-refractivity contribution in [1.82, 2.24) is 4.90 Å². The average molecular weight is 344 g/mol. The van der Waals surface area contributed by atoms with Crippen molar-refractivity contribution in [3.8, 4) is 0 Å². The molecule has 1 aliphatic heterocycles. The number of likely N-dealkylation sites (tertiary alicyclic amines) is 1. The van der Waals surface area contributed by atoms with Gasteiger partial charge in [-0.05, 0) is 53.0 Å². The van der Waals surface area contributed by atoms with E-state index in [4.69, 9.17) is 4.74 Å². The van der Waals surface area contributed by atoms with Gasteiger partial charge in [0.2, 0.25) is 0 Å². The van der Waals surface area contributed by atoms with Gasteiger partial charge in [-0.3, -0.25) is 9.69 Å². The fraction of sp³-hybridized carbons (Fsp3) is 0.533. The van der Waals surface area contributed by atoms with Crippen LogP contribution < -0.4 is 0 Å². The summed E-state index contributed by atoms with van der Waals surface area (Å²) in [5.41, 5.74) is 1.05. The highest BCUT2D eigenvalue weighted by atomic mass is 79.9. The number of nitrogens with zero attached hydrogens (tertiary/aromatic N) is 1. The van der Waals surface area contributed by atoms with Crippen LogP contribution in [-0.2, 0) is 16.1 Å². The fourth-order valence-electron chi connectivity index (χ4n) is 2.65. The zero-order valence-electron chi connectivity index (χ0n) is 11.6. The zero-order chi connectivity index (χ0) is 14.5. The van der Waals surface area contributed by atoms with Gasteiger partial charge in [-0.2, -0.15) is 0 Å². The Labute approximate surface area is 127 Å². The second-order valence-corrected chi connectivity index (χ2v) is 6.00. The van der Waals surface area contributed by atoms with Crippen molar-refractivity contribution < 1.29 is 13.9 Å². The number of methoxy groups -OCH3 is 1. The van der Waals surface area contributed by atoms with Gasteiger partial charge in [0.25, 0.3) is 0 Å². The lowest BCUT2D eigenvalue weighted by Crippen LogP contribution is -2.40. The van der Waals surface area contributed by atoms with E-state index in [0.29, 0.717) is 10.9 Å². The van der Waals surface area contributed by atoms with Gasteiger partial charge < -0.3 is 4.74 Å². The summed E-state index contributed by atoms with van der Waals surface area (Å²) in [5, 5.41) is 0. The molecule has 1 atom stereocenters. The molecule has 1 saturated heterocycles. The van der Waals surface area contributed by atoms with Crippen LogP contribution in [0.3, 0.4) is 0 Å². The minimum atomic E-state index is -0.251. The van der Waals surface area contributed by atoms with E-state index in [1.807, 2.05) is 0 Å². The molecule has 3 nitrogen and oxygen atoms in total. The maximum absolute atomic E-state index is 13.3. The van der Waals surface area contributed by atoms with E-state index in [-0.39, 0.29) is 17.8 Å². The Morgan fingerprint density at radius 1 is 1.50 bits per heavy atom. The third-order valence-electron chi connectivity index (χ3n) is 3.75. The first kappa shape index (κ1) is 15.4. The Balaban J connectivity index is 2.04. The Morgan fingerprint density at radius 2 is 2.30 bits per heavy atom. The van der Waals surface area contributed by atoms with E-state index in [1.165, 1.54) is 13.2 Å². The quantitative estimate of drug-likeness (QED) is 0.783. The van der Waals surface area contributed by atoms with Crippen LogP contribution in [0.2, 0.25) is 0 Å². The molecular weight excluding hydrogens is 325 g/mol. The first-order chi connectivity index (χ1) is 9.60. The number of benzene rings is 1. The van der Waals surface area contributed by atoms with E-state index in [2.05, 4.69) is 20.8 Å². The monoisotopic (exact) mass is 343 g/mol. The van der Waals surface area contributed by atoms with E-state index >= 15 is 0 Å². The summed E-state index contributed by atoms with van der Waals surface area (Å²) in [5.74, 6) is -0.416. The van der Waals surface area contributed by atoms with Crippen LogP contribution in [0.5, 0.6) is 0 Å². The van der Waals surface area contributed by atoms with E-state index in [1.54, 1.807) is 12.1 Å². The van der Waals surface area contributed by atoms with Crippen molar-refractivity contribution in [2.45, 2.75) is 38.3 Å². The van der Waals surface area contributed by atoms with Gasteiger partial charge in [0.05, 0.1) is 18.0 Å². The number of piperidine rings is 1. The lowest BCUT2D eigenvalue weighted by molar-refractivity contribution is -0.142. The summed E-state index contributed by atoms with van der Waals surface area (Å²) in [6.07, 6.45) is 3.72. The maximum Gasteiger partial charge on any atom is 0.307 e. The number of ether oxygens (including phenoxy) is 1. The highest BCUT2D eigenvalue weighted by Gasteiger charge is 2.25. The van der Waals surface area contributed by atoms with Gasteiger partial charge in [0, 0.05) is 12.6 Å². The molecule has 2 rings (SSSR count). The molecule has 110 valence electrons. The van der Waals surface area contributed by atoms with Crippen LogP contribution in [0.4, 0.5) is 4.39 Å². The number of hydrogen-bond acceptors (Lipinski definition) is 3. The summed E-state index contributed by atoms with van der Waals surface area (Å²) >= 11 is 3.21. The Kier molecular flexibility index (Phi) is 5.54. The van der Waals surface area contributed by atoms with Gasteiger partial charge in [-0.15, -0.1) is 0 Å². The largest absolute Gasteiger partial charge is 0.469 e. The van der Waals surface area contributed by atoms with Crippen LogP contribution in [0, 0.1) is 5.82 Å². The van der Waals surface area contributed by atoms with Crippen LogP contribution in [0.15, 0.2) is 22.7 Å². The number of esters is 1. The summed E-state index contributed by atoms with van der Waals surface area (Å²) < 4.78 is 18.5. The van der Waals surface area contributed by atoms with Gasteiger partial charge in [0.1, 0.15) is 5.82 Å². The fourth-order valence-corrected chi connectivity index (χ4v) is 3.07. The molecule has 0 saturated carbocycles. The molecule has 1 fully saturated rings. The number of halogens is 2.